The summed E-state index contributed by atoms with van der Waals surface area (Å²) in [6.07, 6.45) is 0.957. The van der Waals surface area contributed by atoms with E-state index in [1.807, 2.05) is 24.3 Å². The SMILES string of the molecule is CCc1ccc(NC(=O)N2CCS(=O)(=O)CC2)cc1. The number of hydrogen-bond acceptors (Lipinski definition) is 3. The van der Waals surface area contributed by atoms with E-state index in [4.69, 9.17) is 0 Å². The Morgan fingerprint density at radius 2 is 1.79 bits per heavy atom. The largest absolute Gasteiger partial charge is 0.322 e. The first-order chi connectivity index (χ1) is 9.00. The average molecular weight is 282 g/mol. The van der Waals surface area contributed by atoms with E-state index in [2.05, 4.69) is 12.2 Å². The van der Waals surface area contributed by atoms with Gasteiger partial charge in [0.25, 0.3) is 0 Å². The maximum Gasteiger partial charge on any atom is 0.321 e. The van der Waals surface area contributed by atoms with Crippen molar-refractivity contribution < 1.29 is 13.2 Å². The fourth-order valence-electron chi connectivity index (χ4n) is 1.94. The molecule has 2 rings (SSSR count). The predicted octanol–water partition coefficient (Wildman–Crippen LogP) is 1.51. The van der Waals surface area contributed by atoms with Gasteiger partial charge in [-0.25, -0.2) is 13.2 Å². The molecule has 6 heteroatoms. The van der Waals surface area contributed by atoms with Crippen LogP contribution in [0.3, 0.4) is 0 Å². The van der Waals surface area contributed by atoms with Crippen molar-refractivity contribution in [2.45, 2.75) is 13.3 Å². The highest BCUT2D eigenvalue weighted by Gasteiger charge is 2.24. The molecule has 0 saturated carbocycles. The first kappa shape index (κ1) is 13.9. The smallest absolute Gasteiger partial charge is 0.321 e. The van der Waals surface area contributed by atoms with Crippen molar-refractivity contribution in [3.8, 4) is 0 Å². The molecule has 0 aromatic heterocycles. The van der Waals surface area contributed by atoms with Crippen LogP contribution < -0.4 is 5.32 Å². The van der Waals surface area contributed by atoms with Gasteiger partial charge in [-0.2, -0.15) is 0 Å². The van der Waals surface area contributed by atoms with E-state index in [1.165, 1.54) is 10.5 Å². The molecule has 1 fully saturated rings. The summed E-state index contributed by atoms with van der Waals surface area (Å²) in [4.78, 5) is 13.5. The van der Waals surface area contributed by atoms with Gasteiger partial charge in [0, 0.05) is 18.8 Å². The minimum Gasteiger partial charge on any atom is -0.322 e. The van der Waals surface area contributed by atoms with E-state index >= 15 is 0 Å². The quantitative estimate of drug-likeness (QED) is 0.894. The molecule has 0 unspecified atom stereocenters. The van der Waals surface area contributed by atoms with E-state index in [0.717, 1.165) is 12.1 Å². The molecule has 1 heterocycles. The van der Waals surface area contributed by atoms with E-state index in [9.17, 15) is 13.2 Å². The Morgan fingerprint density at radius 3 is 2.32 bits per heavy atom. The van der Waals surface area contributed by atoms with Crippen LogP contribution in [-0.4, -0.2) is 43.9 Å². The fourth-order valence-corrected chi connectivity index (χ4v) is 3.14. The molecule has 5 nitrogen and oxygen atoms in total. The van der Waals surface area contributed by atoms with Gasteiger partial charge in [-0.3, -0.25) is 0 Å². The molecule has 1 aliphatic heterocycles. The zero-order valence-corrected chi connectivity index (χ0v) is 11.7. The van der Waals surface area contributed by atoms with Gasteiger partial charge >= 0.3 is 6.03 Å². The molecule has 2 amide bonds. The number of carbonyl (C=O) groups excluding carboxylic acids is 1. The Bertz CT molecular complexity index is 538. The van der Waals surface area contributed by atoms with E-state index in [-0.39, 0.29) is 30.6 Å². The summed E-state index contributed by atoms with van der Waals surface area (Å²) in [5.41, 5.74) is 1.94. The van der Waals surface area contributed by atoms with Crippen molar-refractivity contribution in [1.29, 1.82) is 0 Å². The van der Waals surface area contributed by atoms with Crippen LogP contribution in [0.2, 0.25) is 0 Å². The number of nitrogens with zero attached hydrogens (tertiary/aromatic N) is 1. The molecule has 1 N–H and O–H groups in total. The number of nitrogens with one attached hydrogen (secondary N) is 1. The second-order valence-electron chi connectivity index (χ2n) is 4.62. The Labute approximate surface area is 113 Å². The zero-order chi connectivity index (χ0) is 13.9. The third-order valence-electron chi connectivity index (χ3n) is 3.25. The second-order valence-corrected chi connectivity index (χ2v) is 6.92. The van der Waals surface area contributed by atoms with Gasteiger partial charge in [-0.05, 0) is 24.1 Å². The number of rotatable bonds is 2. The van der Waals surface area contributed by atoms with Crippen molar-refractivity contribution in [3.63, 3.8) is 0 Å². The van der Waals surface area contributed by atoms with Crippen LogP contribution in [0.4, 0.5) is 10.5 Å². The van der Waals surface area contributed by atoms with Crippen molar-refractivity contribution in [2.24, 2.45) is 0 Å². The molecule has 1 aromatic rings. The zero-order valence-electron chi connectivity index (χ0n) is 10.9. The van der Waals surface area contributed by atoms with Crippen LogP contribution in [0.5, 0.6) is 0 Å². The number of carbonyl (C=O) groups is 1. The number of aryl methyl sites for hydroxylation is 1. The summed E-state index contributed by atoms with van der Waals surface area (Å²) in [6, 6.07) is 7.42. The third-order valence-corrected chi connectivity index (χ3v) is 4.85. The lowest BCUT2D eigenvalue weighted by atomic mass is 10.1. The van der Waals surface area contributed by atoms with Crippen LogP contribution in [0.25, 0.3) is 0 Å². The highest BCUT2D eigenvalue weighted by Crippen LogP contribution is 2.12. The lowest BCUT2D eigenvalue weighted by molar-refractivity contribution is 0.216. The van der Waals surface area contributed by atoms with Gasteiger partial charge in [0.1, 0.15) is 0 Å². The van der Waals surface area contributed by atoms with E-state index < -0.39 is 9.84 Å². The molecule has 0 radical (unpaired) electrons. The fraction of sp³-hybridized carbons (Fsp3) is 0.462. The topological polar surface area (TPSA) is 66.5 Å². The summed E-state index contributed by atoms with van der Waals surface area (Å²) >= 11 is 0. The molecule has 0 spiro atoms. The van der Waals surface area contributed by atoms with Crippen LogP contribution in [0.1, 0.15) is 12.5 Å². The molecular weight excluding hydrogens is 264 g/mol. The van der Waals surface area contributed by atoms with E-state index in [1.54, 1.807) is 0 Å². The normalized spacial score (nSPS) is 18.1. The van der Waals surface area contributed by atoms with Crippen molar-refractivity contribution in [2.75, 3.05) is 29.9 Å². The van der Waals surface area contributed by atoms with Gasteiger partial charge in [0.15, 0.2) is 9.84 Å². The molecule has 19 heavy (non-hydrogen) atoms. The number of benzene rings is 1. The Morgan fingerprint density at radius 1 is 1.21 bits per heavy atom. The minimum atomic E-state index is -2.95. The second kappa shape index (κ2) is 5.61. The van der Waals surface area contributed by atoms with E-state index in [0.29, 0.717) is 0 Å². The van der Waals surface area contributed by atoms with Crippen LogP contribution >= 0.6 is 0 Å². The number of urea groups is 1. The summed E-state index contributed by atoms with van der Waals surface area (Å²) < 4.78 is 22.6. The predicted molar refractivity (Wildman–Crippen MR) is 75.1 cm³/mol. The highest BCUT2D eigenvalue weighted by molar-refractivity contribution is 7.91. The summed E-state index contributed by atoms with van der Waals surface area (Å²) in [5.74, 6) is 0.102. The monoisotopic (exact) mass is 282 g/mol. The number of amides is 2. The Kier molecular flexibility index (Phi) is 4.09. The van der Waals surface area contributed by atoms with Gasteiger partial charge in [0.05, 0.1) is 11.5 Å². The van der Waals surface area contributed by atoms with Gasteiger partial charge in [-0.1, -0.05) is 19.1 Å². The number of sulfone groups is 1. The third kappa shape index (κ3) is 3.70. The maximum absolute atomic E-state index is 12.0. The first-order valence-corrected chi connectivity index (χ1v) is 8.17. The molecule has 0 bridgehead atoms. The molecule has 1 saturated heterocycles. The van der Waals surface area contributed by atoms with Crippen LogP contribution in [-0.2, 0) is 16.3 Å². The lowest BCUT2D eigenvalue weighted by Crippen LogP contribution is -2.45. The highest BCUT2D eigenvalue weighted by atomic mass is 32.2. The summed E-state index contributed by atoms with van der Waals surface area (Å²) in [7, 11) is -2.95. The van der Waals surface area contributed by atoms with Gasteiger partial charge in [0.2, 0.25) is 0 Å². The standard InChI is InChI=1S/C13H18N2O3S/c1-2-11-3-5-12(6-4-11)14-13(16)15-7-9-19(17,18)10-8-15/h3-6H,2,7-10H2,1H3,(H,14,16). The minimum absolute atomic E-state index is 0.0508. The first-order valence-electron chi connectivity index (χ1n) is 6.35. The lowest BCUT2D eigenvalue weighted by Gasteiger charge is -2.26. The van der Waals surface area contributed by atoms with Crippen molar-refractivity contribution >= 4 is 21.6 Å². The molecular formula is C13H18N2O3S. The average Bonchev–Trinajstić information content (AvgIpc) is 2.39. The maximum atomic E-state index is 12.0. The Hall–Kier alpha value is -1.56. The summed E-state index contributed by atoms with van der Waals surface area (Å²) in [6.45, 7) is 2.60. The molecule has 0 aliphatic carbocycles. The van der Waals surface area contributed by atoms with Crippen molar-refractivity contribution in [1.82, 2.24) is 4.90 Å². The molecule has 104 valence electrons. The van der Waals surface area contributed by atoms with Gasteiger partial charge in [-0.15, -0.1) is 0 Å². The number of anilines is 1. The van der Waals surface area contributed by atoms with Gasteiger partial charge < -0.3 is 10.2 Å². The number of hydrogen-bond donors (Lipinski definition) is 1. The van der Waals surface area contributed by atoms with Crippen molar-refractivity contribution in [3.05, 3.63) is 29.8 Å². The molecule has 1 aliphatic rings. The van der Waals surface area contributed by atoms with Crippen LogP contribution in [0, 0.1) is 0 Å². The van der Waals surface area contributed by atoms with Crippen LogP contribution in [0.15, 0.2) is 24.3 Å². The molecule has 0 atom stereocenters. The molecule has 1 aromatic carbocycles. The Balaban J connectivity index is 1.94. The summed E-state index contributed by atoms with van der Waals surface area (Å²) in [5, 5.41) is 2.78.